The topological polar surface area (TPSA) is 54.5 Å². The van der Waals surface area contributed by atoms with Gasteiger partial charge in [0.1, 0.15) is 5.69 Å². The van der Waals surface area contributed by atoms with Crippen LogP contribution in [0, 0.1) is 0 Å². The second-order valence-corrected chi connectivity index (χ2v) is 5.90. The summed E-state index contributed by atoms with van der Waals surface area (Å²) in [6.45, 7) is 2.64. The lowest BCUT2D eigenvalue weighted by Gasteiger charge is -2.31. The molecule has 1 N–H and O–H groups in total. The number of carbonyl (C=O) groups excluding carboxylic acids is 1. The maximum atomic E-state index is 12.4. The smallest absolute Gasteiger partial charge is 0.274 e. The molecule has 1 amide bonds. The van der Waals surface area contributed by atoms with Gasteiger partial charge in [0, 0.05) is 24.3 Å². The van der Waals surface area contributed by atoms with Gasteiger partial charge < -0.3 is 15.0 Å². The minimum absolute atomic E-state index is 0.307. The van der Waals surface area contributed by atoms with Crippen LogP contribution in [-0.2, 0) is 4.74 Å². The third kappa shape index (κ3) is 3.75. The van der Waals surface area contributed by atoms with E-state index in [2.05, 4.69) is 15.2 Å². The van der Waals surface area contributed by atoms with Crippen LogP contribution >= 0.6 is 23.2 Å². The number of benzene rings is 1. The number of pyridine rings is 1. The fourth-order valence-corrected chi connectivity index (χ4v) is 3.07. The maximum absolute atomic E-state index is 12.4. The van der Waals surface area contributed by atoms with Gasteiger partial charge in [0.05, 0.1) is 29.6 Å². The van der Waals surface area contributed by atoms with E-state index < -0.39 is 0 Å². The van der Waals surface area contributed by atoms with E-state index >= 15 is 0 Å². The average Bonchev–Trinajstić information content (AvgIpc) is 2.56. The molecule has 23 heavy (non-hydrogen) atoms. The molecule has 0 bridgehead atoms. The molecule has 0 saturated carbocycles. The largest absolute Gasteiger partial charge is 0.378 e. The van der Waals surface area contributed by atoms with Crippen molar-refractivity contribution < 1.29 is 9.53 Å². The van der Waals surface area contributed by atoms with Crippen LogP contribution in [-0.4, -0.2) is 37.2 Å². The van der Waals surface area contributed by atoms with E-state index in [4.69, 9.17) is 27.9 Å². The van der Waals surface area contributed by atoms with Crippen molar-refractivity contribution in [3.63, 3.8) is 0 Å². The highest BCUT2D eigenvalue weighted by Gasteiger charge is 2.20. The molecular weight excluding hydrogens is 337 g/mol. The van der Waals surface area contributed by atoms with Crippen molar-refractivity contribution in [2.45, 2.75) is 0 Å². The minimum Gasteiger partial charge on any atom is -0.378 e. The number of hydrogen-bond acceptors (Lipinski definition) is 4. The fraction of sp³-hybridized carbons (Fsp3) is 0.250. The summed E-state index contributed by atoms with van der Waals surface area (Å²) in [6.07, 6.45) is 1.57. The third-order valence-corrected chi connectivity index (χ3v) is 4.01. The first-order chi connectivity index (χ1) is 11.1. The molecule has 3 rings (SSSR count). The summed E-state index contributed by atoms with van der Waals surface area (Å²) in [5, 5.41) is 3.81. The van der Waals surface area contributed by atoms with Gasteiger partial charge in [-0.1, -0.05) is 29.3 Å². The van der Waals surface area contributed by atoms with E-state index in [0.717, 1.165) is 5.69 Å². The standard InChI is InChI=1S/C16H15Cl2N3O2/c17-11-9-12(18)15(21-5-7-23-8-6-21)14(10-11)20-16(22)13-3-1-2-4-19-13/h1-4,9-10H,5-8H2,(H,20,22). The van der Waals surface area contributed by atoms with E-state index in [9.17, 15) is 4.79 Å². The van der Waals surface area contributed by atoms with E-state index in [0.29, 0.717) is 47.7 Å². The van der Waals surface area contributed by atoms with Crippen molar-refractivity contribution in [3.05, 3.63) is 52.3 Å². The Morgan fingerprint density at radius 1 is 1.22 bits per heavy atom. The molecule has 7 heteroatoms. The van der Waals surface area contributed by atoms with Gasteiger partial charge in [0.2, 0.25) is 0 Å². The lowest BCUT2D eigenvalue weighted by Crippen LogP contribution is -2.37. The van der Waals surface area contributed by atoms with Crippen LogP contribution in [0.25, 0.3) is 0 Å². The number of carbonyl (C=O) groups is 1. The predicted molar refractivity (Wildman–Crippen MR) is 91.7 cm³/mol. The molecule has 5 nitrogen and oxygen atoms in total. The van der Waals surface area contributed by atoms with Crippen molar-refractivity contribution in [3.8, 4) is 0 Å². The van der Waals surface area contributed by atoms with E-state index in [1.54, 1.807) is 36.5 Å². The summed E-state index contributed by atoms with van der Waals surface area (Å²) in [5.41, 5.74) is 1.65. The van der Waals surface area contributed by atoms with Gasteiger partial charge in [-0.3, -0.25) is 9.78 Å². The lowest BCUT2D eigenvalue weighted by atomic mass is 10.2. The second-order valence-electron chi connectivity index (χ2n) is 5.05. The Labute approximate surface area is 144 Å². The number of ether oxygens (including phenoxy) is 1. The number of morpholine rings is 1. The van der Waals surface area contributed by atoms with E-state index in [1.165, 1.54) is 0 Å². The van der Waals surface area contributed by atoms with Crippen LogP contribution in [0.4, 0.5) is 11.4 Å². The summed E-state index contributed by atoms with van der Waals surface area (Å²) in [5.74, 6) is -0.307. The number of anilines is 2. The molecule has 120 valence electrons. The SMILES string of the molecule is O=C(Nc1cc(Cl)cc(Cl)c1N1CCOCC1)c1ccccn1. The molecule has 1 saturated heterocycles. The predicted octanol–water partition coefficient (Wildman–Crippen LogP) is 3.48. The zero-order chi connectivity index (χ0) is 16.2. The highest BCUT2D eigenvalue weighted by Crippen LogP contribution is 2.37. The normalized spacial score (nSPS) is 14.6. The Kier molecular flexibility index (Phi) is 5.00. The van der Waals surface area contributed by atoms with Crippen LogP contribution in [0.2, 0.25) is 10.0 Å². The van der Waals surface area contributed by atoms with Crippen molar-refractivity contribution in [2.75, 3.05) is 36.5 Å². The van der Waals surface area contributed by atoms with Gasteiger partial charge in [0.15, 0.2) is 0 Å². The van der Waals surface area contributed by atoms with Crippen molar-refractivity contribution in [1.29, 1.82) is 0 Å². The van der Waals surface area contributed by atoms with Gasteiger partial charge in [-0.05, 0) is 24.3 Å². The molecule has 0 unspecified atom stereocenters. The van der Waals surface area contributed by atoms with Crippen LogP contribution in [0.3, 0.4) is 0 Å². The molecule has 1 aromatic carbocycles. The van der Waals surface area contributed by atoms with Gasteiger partial charge in [0.25, 0.3) is 5.91 Å². The third-order valence-electron chi connectivity index (χ3n) is 3.50. The summed E-state index contributed by atoms with van der Waals surface area (Å²) in [6, 6.07) is 8.53. The Balaban J connectivity index is 1.92. The first-order valence-corrected chi connectivity index (χ1v) is 7.95. The Hall–Kier alpha value is -1.82. The lowest BCUT2D eigenvalue weighted by molar-refractivity contribution is 0.102. The zero-order valence-corrected chi connectivity index (χ0v) is 13.8. The van der Waals surface area contributed by atoms with Gasteiger partial charge >= 0.3 is 0 Å². The Morgan fingerprint density at radius 3 is 2.70 bits per heavy atom. The highest BCUT2D eigenvalue weighted by molar-refractivity contribution is 6.37. The molecule has 1 fully saturated rings. The van der Waals surface area contributed by atoms with E-state index in [1.807, 2.05) is 0 Å². The molecule has 0 atom stereocenters. The number of halogens is 2. The number of nitrogens with one attached hydrogen (secondary N) is 1. The first kappa shape index (κ1) is 16.1. The number of hydrogen-bond donors (Lipinski definition) is 1. The van der Waals surface area contributed by atoms with Crippen LogP contribution < -0.4 is 10.2 Å². The van der Waals surface area contributed by atoms with E-state index in [-0.39, 0.29) is 5.91 Å². The molecule has 0 spiro atoms. The second kappa shape index (κ2) is 7.17. The molecule has 1 aromatic heterocycles. The molecule has 1 aliphatic heterocycles. The summed E-state index contributed by atoms with van der Waals surface area (Å²) >= 11 is 12.5. The minimum atomic E-state index is -0.307. The molecular formula is C16H15Cl2N3O2. The van der Waals surface area contributed by atoms with Crippen molar-refractivity contribution >= 4 is 40.5 Å². The average molecular weight is 352 g/mol. The summed E-state index contributed by atoms with van der Waals surface area (Å²) in [7, 11) is 0. The molecule has 0 aliphatic carbocycles. The molecule has 1 aliphatic rings. The van der Waals surface area contributed by atoms with Crippen LogP contribution in [0.15, 0.2) is 36.5 Å². The summed E-state index contributed by atoms with van der Waals surface area (Å²) < 4.78 is 5.37. The van der Waals surface area contributed by atoms with Crippen LogP contribution in [0.1, 0.15) is 10.5 Å². The highest BCUT2D eigenvalue weighted by atomic mass is 35.5. The molecule has 0 radical (unpaired) electrons. The number of amides is 1. The van der Waals surface area contributed by atoms with Gasteiger partial charge in [-0.25, -0.2) is 0 Å². The first-order valence-electron chi connectivity index (χ1n) is 7.19. The molecule has 2 heterocycles. The van der Waals surface area contributed by atoms with Gasteiger partial charge in [-0.15, -0.1) is 0 Å². The van der Waals surface area contributed by atoms with Crippen molar-refractivity contribution in [1.82, 2.24) is 4.98 Å². The fourth-order valence-electron chi connectivity index (χ4n) is 2.45. The Bertz CT molecular complexity index is 704. The summed E-state index contributed by atoms with van der Waals surface area (Å²) in [4.78, 5) is 18.5. The quantitative estimate of drug-likeness (QED) is 0.919. The maximum Gasteiger partial charge on any atom is 0.274 e. The number of rotatable bonds is 3. The van der Waals surface area contributed by atoms with Crippen LogP contribution in [0.5, 0.6) is 0 Å². The van der Waals surface area contributed by atoms with Crippen molar-refractivity contribution in [2.24, 2.45) is 0 Å². The monoisotopic (exact) mass is 351 g/mol. The zero-order valence-electron chi connectivity index (χ0n) is 12.3. The molecule has 2 aromatic rings. The number of nitrogens with zero attached hydrogens (tertiary/aromatic N) is 2. The number of aromatic nitrogens is 1. The Morgan fingerprint density at radius 2 is 2.00 bits per heavy atom. The van der Waals surface area contributed by atoms with Gasteiger partial charge in [-0.2, -0.15) is 0 Å².